The Hall–Kier alpha value is -2.16. The van der Waals surface area contributed by atoms with E-state index in [1.165, 1.54) is 4.90 Å². The van der Waals surface area contributed by atoms with Crippen molar-refractivity contribution >= 4 is 23.8 Å². The summed E-state index contributed by atoms with van der Waals surface area (Å²) in [7, 11) is 0. The zero-order valence-corrected chi connectivity index (χ0v) is 11.9. The van der Waals surface area contributed by atoms with Gasteiger partial charge in [-0.3, -0.25) is 14.4 Å². The second-order valence-corrected chi connectivity index (χ2v) is 5.67. The SMILES string of the molecule is NCC(=O)N1C2CCC(C2)[C@H]1C(=O)N[C@@H](CC(=O)O)C(=O)O. The molecular formula is C13H19N3O6. The second kappa shape index (κ2) is 6.30. The number of amides is 2. The molecule has 5 N–H and O–H groups in total. The van der Waals surface area contributed by atoms with Crippen molar-refractivity contribution in [3.05, 3.63) is 0 Å². The van der Waals surface area contributed by atoms with Gasteiger partial charge in [0.15, 0.2) is 0 Å². The summed E-state index contributed by atoms with van der Waals surface area (Å²) in [5.41, 5.74) is 5.37. The Labute approximate surface area is 126 Å². The highest BCUT2D eigenvalue weighted by molar-refractivity contribution is 5.93. The van der Waals surface area contributed by atoms with Crippen LogP contribution in [0.3, 0.4) is 0 Å². The number of rotatable bonds is 6. The lowest BCUT2D eigenvalue weighted by Crippen LogP contribution is -2.56. The molecule has 0 aromatic heterocycles. The first-order valence-corrected chi connectivity index (χ1v) is 7.11. The number of nitrogens with zero attached hydrogens (tertiary/aromatic N) is 1. The third-order valence-electron chi connectivity index (χ3n) is 4.31. The molecule has 2 unspecified atom stereocenters. The molecule has 0 aromatic carbocycles. The van der Waals surface area contributed by atoms with Gasteiger partial charge in [0.2, 0.25) is 11.8 Å². The van der Waals surface area contributed by atoms with Gasteiger partial charge in [0.25, 0.3) is 0 Å². The lowest BCUT2D eigenvalue weighted by molar-refractivity contribution is -0.149. The molecule has 1 aliphatic heterocycles. The first-order valence-electron chi connectivity index (χ1n) is 7.11. The third kappa shape index (κ3) is 3.03. The molecule has 2 amide bonds. The topological polar surface area (TPSA) is 150 Å². The summed E-state index contributed by atoms with van der Waals surface area (Å²) in [5.74, 6) is -3.74. The van der Waals surface area contributed by atoms with Crippen molar-refractivity contribution in [1.82, 2.24) is 10.2 Å². The summed E-state index contributed by atoms with van der Waals surface area (Å²) in [6.45, 7) is -0.218. The van der Waals surface area contributed by atoms with Crippen LogP contribution in [-0.4, -0.2) is 63.5 Å². The quantitative estimate of drug-likeness (QED) is 0.459. The maximum Gasteiger partial charge on any atom is 0.326 e. The minimum atomic E-state index is -1.51. The summed E-state index contributed by atoms with van der Waals surface area (Å²) in [4.78, 5) is 47.4. The van der Waals surface area contributed by atoms with Crippen LogP contribution in [0.4, 0.5) is 0 Å². The number of nitrogens with two attached hydrogens (primary N) is 1. The van der Waals surface area contributed by atoms with Crippen molar-refractivity contribution in [1.29, 1.82) is 0 Å². The van der Waals surface area contributed by atoms with Crippen molar-refractivity contribution in [3.63, 3.8) is 0 Å². The van der Waals surface area contributed by atoms with E-state index in [2.05, 4.69) is 5.32 Å². The van der Waals surface area contributed by atoms with Gasteiger partial charge in [0.1, 0.15) is 12.1 Å². The molecule has 2 rings (SSSR count). The number of carboxylic acids is 2. The highest BCUT2D eigenvalue weighted by Crippen LogP contribution is 2.42. The summed E-state index contributed by atoms with van der Waals surface area (Å²) >= 11 is 0. The Morgan fingerprint density at radius 2 is 1.91 bits per heavy atom. The number of nitrogens with one attached hydrogen (secondary N) is 1. The molecule has 2 bridgehead atoms. The lowest BCUT2D eigenvalue weighted by Gasteiger charge is -2.34. The van der Waals surface area contributed by atoms with Crippen LogP contribution in [0.5, 0.6) is 0 Å². The lowest BCUT2D eigenvalue weighted by atomic mass is 9.97. The number of aliphatic carboxylic acids is 2. The highest BCUT2D eigenvalue weighted by atomic mass is 16.4. The molecule has 0 radical (unpaired) electrons. The normalized spacial score (nSPS) is 27.5. The van der Waals surface area contributed by atoms with E-state index in [4.69, 9.17) is 15.9 Å². The summed E-state index contributed by atoms with van der Waals surface area (Å²) in [6.07, 6.45) is 1.57. The molecule has 9 nitrogen and oxygen atoms in total. The maximum absolute atomic E-state index is 12.4. The number of carbonyl (C=O) groups is 4. The van der Waals surface area contributed by atoms with Crippen molar-refractivity contribution in [2.45, 2.75) is 43.8 Å². The van der Waals surface area contributed by atoms with E-state index in [1.807, 2.05) is 0 Å². The molecule has 2 aliphatic rings. The molecule has 0 aromatic rings. The number of hydrogen-bond donors (Lipinski definition) is 4. The van der Waals surface area contributed by atoms with Crippen molar-refractivity contribution in [2.75, 3.05) is 6.54 Å². The van der Waals surface area contributed by atoms with Crippen molar-refractivity contribution < 1.29 is 29.4 Å². The number of carbonyl (C=O) groups excluding carboxylic acids is 2. The molecule has 9 heteroatoms. The fourth-order valence-corrected chi connectivity index (χ4v) is 3.42. The number of fused-ring (bicyclic) bond motifs is 2. The summed E-state index contributed by atoms with van der Waals surface area (Å²) < 4.78 is 0. The van der Waals surface area contributed by atoms with E-state index in [9.17, 15) is 19.2 Å². The van der Waals surface area contributed by atoms with E-state index in [0.717, 1.165) is 12.8 Å². The van der Waals surface area contributed by atoms with Crippen molar-refractivity contribution in [2.24, 2.45) is 11.7 Å². The third-order valence-corrected chi connectivity index (χ3v) is 4.31. The Kier molecular flexibility index (Phi) is 4.65. The smallest absolute Gasteiger partial charge is 0.326 e. The van der Waals surface area contributed by atoms with Gasteiger partial charge in [-0.15, -0.1) is 0 Å². The first-order chi connectivity index (χ1) is 10.3. The van der Waals surface area contributed by atoms with Crippen LogP contribution >= 0.6 is 0 Å². The molecule has 1 heterocycles. The van der Waals surface area contributed by atoms with Crippen LogP contribution in [0, 0.1) is 5.92 Å². The van der Waals surface area contributed by atoms with E-state index in [0.29, 0.717) is 6.42 Å². The van der Waals surface area contributed by atoms with Gasteiger partial charge >= 0.3 is 11.9 Å². The first kappa shape index (κ1) is 16.2. The fraction of sp³-hybridized carbons (Fsp3) is 0.692. The fourth-order valence-electron chi connectivity index (χ4n) is 3.42. The van der Waals surface area contributed by atoms with Gasteiger partial charge in [-0.05, 0) is 25.2 Å². The molecule has 0 spiro atoms. The molecule has 1 saturated heterocycles. The monoisotopic (exact) mass is 313 g/mol. The second-order valence-electron chi connectivity index (χ2n) is 5.67. The van der Waals surface area contributed by atoms with E-state index < -0.39 is 36.4 Å². The van der Waals surface area contributed by atoms with Gasteiger partial charge in [0, 0.05) is 6.04 Å². The molecule has 4 atom stereocenters. The zero-order chi connectivity index (χ0) is 16.4. The number of likely N-dealkylation sites (tertiary alicyclic amines) is 1. The Morgan fingerprint density at radius 1 is 1.23 bits per heavy atom. The van der Waals surface area contributed by atoms with Crippen LogP contribution in [0.25, 0.3) is 0 Å². The molecule has 2 fully saturated rings. The predicted molar refractivity (Wildman–Crippen MR) is 72.6 cm³/mol. The van der Waals surface area contributed by atoms with Gasteiger partial charge in [0.05, 0.1) is 13.0 Å². The van der Waals surface area contributed by atoms with Gasteiger partial charge in [-0.25, -0.2) is 4.79 Å². The molecule has 22 heavy (non-hydrogen) atoms. The molecule has 1 aliphatic carbocycles. The Morgan fingerprint density at radius 3 is 2.45 bits per heavy atom. The maximum atomic E-state index is 12.4. The summed E-state index contributed by atoms with van der Waals surface area (Å²) in [5, 5.41) is 19.9. The van der Waals surface area contributed by atoms with Gasteiger partial charge in [-0.2, -0.15) is 0 Å². The van der Waals surface area contributed by atoms with Crippen LogP contribution in [0.15, 0.2) is 0 Å². The molecular weight excluding hydrogens is 294 g/mol. The largest absolute Gasteiger partial charge is 0.481 e. The average Bonchev–Trinajstić information content (AvgIpc) is 3.05. The van der Waals surface area contributed by atoms with E-state index in [-0.39, 0.29) is 24.4 Å². The minimum absolute atomic E-state index is 0.0280. The van der Waals surface area contributed by atoms with E-state index >= 15 is 0 Å². The summed E-state index contributed by atoms with van der Waals surface area (Å²) in [6, 6.07) is -2.32. The molecule has 122 valence electrons. The standard InChI is InChI=1S/C13H19N3O6/c14-5-9(17)16-7-2-1-6(3-7)11(16)12(20)15-8(13(21)22)4-10(18)19/h6-8,11H,1-5,14H2,(H,15,20)(H,18,19)(H,21,22)/t6?,7?,8-,11-/m0/s1. The molecule has 1 saturated carbocycles. The van der Waals surface area contributed by atoms with Crippen LogP contribution < -0.4 is 11.1 Å². The van der Waals surface area contributed by atoms with Crippen LogP contribution in [0.1, 0.15) is 25.7 Å². The van der Waals surface area contributed by atoms with E-state index in [1.54, 1.807) is 0 Å². The van der Waals surface area contributed by atoms with Crippen molar-refractivity contribution in [3.8, 4) is 0 Å². The highest BCUT2D eigenvalue weighted by Gasteiger charge is 2.51. The number of hydrogen-bond acceptors (Lipinski definition) is 5. The van der Waals surface area contributed by atoms with Crippen LogP contribution in [0.2, 0.25) is 0 Å². The van der Waals surface area contributed by atoms with Gasteiger partial charge in [-0.1, -0.05) is 0 Å². The average molecular weight is 313 g/mol. The number of carboxylic acid groups (broad SMARTS) is 2. The van der Waals surface area contributed by atoms with Gasteiger partial charge < -0.3 is 26.2 Å². The van der Waals surface area contributed by atoms with Crippen LogP contribution in [-0.2, 0) is 19.2 Å². The predicted octanol–water partition coefficient (Wildman–Crippen LogP) is -1.63. The minimum Gasteiger partial charge on any atom is -0.481 e. The Balaban J connectivity index is 2.11. The number of piperidine rings is 1. The Bertz CT molecular complexity index is 508. The zero-order valence-electron chi connectivity index (χ0n) is 11.9.